The Bertz CT molecular complexity index is 512. The number of hydrogen-bond donors (Lipinski definition) is 2. The van der Waals surface area contributed by atoms with Crippen LogP contribution in [0.4, 0.5) is 0 Å². The zero-order chi connectivity index (χ0) is 12.4. The minimum Gasteiger partial charge on any atom is -0.344 e. The Morgan fingerprint density at radius 2 is 2.06 bits per heavy atom. The van der Waals surface area contributed by atoms with Gasteiger partial charge in [-0.3, -0.25) is 0 Å². The van der Waals surface area contributed by atoms with E-state index in [1.165, 1.54) is 18.4 Å². The number of aryl methyl sites for hydroxylation is 1. The van der Waals surface area contributed by atoms with Crippen LogP contribution in [0.5, 0.6) is 0 Å². The summed E-state index contributed by atoms with van der Waals surface area (Å²) >= 11 is 0. The molecule has 2 aromatic rings. The maximum Gasteiger partial charge on any atom is 0.121 e. The highest BCUT2D eigenvalue weighted by Crippen LogP contribution is 2.27. The van der Waals surface area contributed by atoms with E-state index in [1.54, 1.807) is 0 Å². The molecule has 1 aromatic heterocycles. The molecule has 0 aliphatic heterocycles. The number of H-pyrrole nitrogens is 1. The van der Waals surface area contributed by atoms with E-state index in [1.807, 2.05) is 6.07 Å². The normalized spacial score (nSPS) is 14.9. The molecule has 0 unspecified atom stereocenters. The summed E-state index contributed by atoms with van der Waals surface area (Å²) in [5.41, 5.74) is 3.39. The van der Waals surface area contributed by atoms with Crippen LogP contribution < -0.4 is 5.32 Å². The van der Waals surface area contributed by atoms with Crippen LogP contribution in [0, 0.1) is 12.8 Å². The topological polar surface area (TPSA) is 40.7 Å². The van der Waals surface area contributed by atoms with Crippen molar-refractivity contribution in [3.8, 4) is 11.3 Å². The summed E-state index contributed by atoms with van der Waals surface area (Å²) in [6.45, 7) is 4.05. The first-order valence-corrected chi connectivity index (χ1v) is 6.64. The number of hydrogen-bond acceptors (Lipinski definition) is 2. The molecule has 3 heteroatoms. The van der Waals surface area contributed by atoms with Gasteiger partial charge in [-0.2, -0.15) is 0 Å². The summed E-state index contributed by atoms with van der Waals surface area (Å²) in [6, 6.07) is 10.3. The lowest BCUT2D eigenvalue weighted by molar-refractivity contribution is 0.623. The predicted molar refractivity (Wildman–Crippen MR) is 73.2 cm³/mol. The molecule has 0 bridgehead atoms. The molecule has 1 fully saturated rings. The van der Waals surface area contributed by atoms with E-state index < -0.39 is 0 Å². The molecule has 0 amide bonds. The van der Waals surface area contributed by atoms with Gasteiger partial charge in [0, 0.05) is 11.3 Å². The first-order chi connectivity index (χ1) is 8.83. The molecular weight excluding hydrogens is 222 g/mol. The highest BCUT2D eigenvalue weighted by Gasteiger charge is 2.20. The molecule has 18 heavy (non-hydrogen) atoms. The zero-order valence-electron chi connectivity index (χ0n) is 10.7. The van der Waals surface area contributed by atoms with E-state index in [0.717, 1.165) is 36.2 Å². The van der Waals surface area contributed by atoms with Crippen molar-refractivity contribution in [1.29, 1.82) is 0 Å². The van der Waals surface area contributed by atoms with Gasteiger partial charge in [0.1, 0.15) is 5.82 Å². The molecule has 1 aliphatic carbocycles. The van der Waals surface area contributed by atoms with Gasteiger partial charge in [0.15, 0.2) is 0 Å². The maximum absolute atomic E-state index is 4.68. The Morgan fingerprint density at radius 3 is 2.78 bits per heavy atom. The van der Waals surface area contributed by atoms with Crippen LogP contribution in [0.25, 0.3) is 11.3 Å². The summed E-state index contributed by atoms with van der Waals surface area (Å²) < 4.78 is 0. The van der Waals surface area contributed by atoms with Crippen LogP contribution >= 0.6 is 0 Å². The number of aromatic amines is 1. The molecule has 3 nitrogen and oxygen atoms in total. The van der Waals surface area contributed by atoms with Gasteiger partial charge in [-0.15, -0.1) is 0 Å². The Hall–Kier alpha value is -1.61. The minimum absolute atomic E-state index is 0.837. The second kappa shape index (κ2) is 4.94. The molecule has 0 saturated heterocycles. The first-order valence-electron chi connectivity index (χ1n) is 6.64. The van der Waals surface area contributed by atoms with Gasteiger partial charge in [0.25, 0.3) is 0 Å². The number of nitrogens with zero attached hydrogens (tertiary/aromatic N) is 1. The van der Waals surface area contributed by atoms with E-state index >= 15 is 0 Å². The van der Waals surface area contributed by atoms with E-state index in [-0.39, 0.29) is 0 Å². The van der Waals surface area contributed by atoms with E-state index in [0.29, 0.717) is 0 Å². The number of benzene rings is 1. The van der Waals surface area contributed by atoms with Crippen LogP contribution in [0.2, 0.25) is 0 Å². The Balaban J connectivity index is 1.69. The van der Waals surface area contributed by atoms with E-state index in [2.05, 4.69) is 46.5 Å². The number of rotatable bonds is 5. The fourth-order valence-electron chi connectivity index (χ4n) is 2.20. The minimum atomic E-state index is 0.837. The lowest BCUT2D eigenvalue weighted by Crippen LogP contribution is -2.16. The van der Waals surface area contributed by atoms with Gasteiger partial charge >= 0.3 is 0 Å². The van der Waals surface area contributed by atoms with Crippen molar-refractivity contribution < 1.29 is 0 Å². The van der Waals surface area contributed by atoms with Crippen LogP contribution in [0.1, 0.15) is 24.4 Å². The van der Waals surface area contributed by atoms with Gasteiger partial charge in [-0.1, -0.05) is 30.3 Å². The van der Waals surface area contributed by atoms with Crippen LogP contribution in [-0.2, 0) is 6.54 Å². The van der Waals surface area contributed by atoms with E-state index in [4.69, 9.17) is 0 Å². The third-order valence-corrected chi connectivity index (χ3v) is 3.40. The van der Waals surface area contributed by atoms with Gasteiger partial charge in [0.05, 0.1) is 12.2 Å². The lowest BCUT2D eigenvalue weighted by Gasteiger charge is -1.99. The molecule has 0 spiro atoms. The third kappa shape index (κ3) is 2.62. The van der Waals surface area contributed by atoms with Crippen molar-refractivity contribution in [3.63, 3.8) is 0 Å². The molecule has 2 N–H and O–H groups in total. The average molecular weight is 241 g/mol. The summed E-state index contributed by atoms with van der Waals surface area (Å²) in [7, 11) is 0. The molecule has 1 saturated carbocycles. The quantitative estimate of drug-likeness (QED) is 0.845. The number of imidazole rings is 1. The van der Waals surface area contributed by atoms with Gasteiger partial charge in [-0.25, -0.2) is 4.98 Å². The second-order valence-electron chi connectivity index (χ2n) is 5.10. The maximum atomic E-state index is 4.68. The predicted octanol–water partition coefficient (Wildman–Crippen LogP) is 2.88. The molecule has 0 atom stereocenters. The third-order valence-electron chi connectivity index (χ3n) is 3.40. The van der Waals surface area contributed by atoms with Crippen molar-refractivity contribution in [1.82, 2.24) is 15.3 Å². The Labute approximate surface area is 108 Å². The summed E-state index contributed by atoms with van der Waals surface area (Å²) in [5, 5.41) is 3.46. The molecule has 94 valence electrons. The highest BCUT2D eigenvalue weighted by molar-refractivity contribution is 5.61. The van der Waals surface area contributed by atoms with Crippen molar-refractivity contribution >= 4 is 0 Å². The molecule has 1 aromatic carbocycles. The van der Waals surface area contributed by atoms with Gasteiger partial charge in [0.2, 0.25) is 0 Å². The molecule has 0 radical (unpaired) electrons. The Kier molecular flexibility index (Phi) is 3.15. The molecular formula is C15H19N3. The van der Waals surface area contributed by atoms with Crippen LogP contribution in [0.15, 0.2) is 30.3 Å². The molecule has 3 rings (SSSR count). The van der Waals surface area contributed by atoms with Gasteiger partial charge in [-0.05, 0) is 32.2 Å². The molecule has 1 heterocycles. The largest absolute Gasteiger partial charge is 0.344 e. The average Bonchev–Trinajstić information content (AvgIpc) is 3.13. The zero-order valence-corrected chi connectivity index (χ0v) is 10.7. The highest BCUT2D eigenvalue weighted by atomic mass is 15.0. The monoisotopic (exact) mass is 241 g/mol. The number of aromatic nitrogens is 2. The van der Waals surface area contributed by atoms with Crippen LogP contribution in [0.3, 0.4) is 0 Å². The van der Waals surface area contributed by atoms with Crippen molar-refractivity contribution in [2.75, 3.05) is 6.54 Å². The van der Waals surface area contributed by atoms with Gasteiger partial charge < -0.3 is 10.3 Å². The molecule has 1 aliphatic rings. The summed E-state index contributed by atoms with van der Waals surface area (Å²) in [6.07, 6.45) is 2.78. The summed E-state index contributed by atoms with van der Waals surface area (Å²) in [4.78, 5) is 8.04. The number of nitrogens with one attached hydrogen (secondary N) is 2. The van der Waals surface area contributed by atoms with Crippen molar-refractivity contribution in [2.24, 2.45) is 5.92 Å². The van der Waals surface area contributed by atoms with E-state index in [9.17, 15) is 0 Å². The van der Waals surface area contributed by atoms with Crippen molar-refractivity contribution in [3.05, 3.63) is 41.9 Å². The SMILES string of the molecule is Cc1[nH]c(CNCC2CC2)nc1-c1ccccc1. The van der Waals surface area contributed by atoms with Crippen LogP contribution in [-0.4, -0.2) is 16.5 Å². The smallest absolute Gasteiger partial charge is 0.121 e. The fourth-order valence-corrected chi connectivity index (χ4v) is 2.20. The van der Waals surface area contributed by atoms with Crippen molar-refractivity contribution in [2.45, 2.75) is 26.3 Å². The summed E-state index contributed by atoms with van der Waals surface area (Å²) in [5.74, 6) is 1.95. The first kappa shape index (κ1) is 11.5. The second-order valence-corrected chi connectivity index (χ2v) is 5.10. The lowest BCUT2D eigenvalue weighted by atomic mass is 10.1. The standard InChI is InChI=1S/C15H19N3/c1-11-15(13-5-3-2-4-6-13)18-14(17-11)10-16-9-12-7-8-12/h2-6,12,16H,7-10H2,1H3,(H,17,18). The Morgan fingerprint density at radius 1 is 1.28 bits per heavy atom. The fraction of sp³-hybridized carbons (Fsp3) is 0.400.